The zero-order valence-electron chi connectivity index (χ0n) is 4.97. The van der Waals surface area contributed by atoms with E-state index >= 15 is 0 Å². The van der Waals surface area contributed by atoms with Crippen LogP contribution in [0.2, 0.25) is 0 Å². The van der Waals surface area contributed by atoms with Gasteiger partial charge in [0.2, 0.25) is 6.23 Å². The second kappa shape index (κ2) is 4.32. The summed E-state index contributed by atoms with van der Waals surface area (Å²) in [7, 11) is 1.53. The van der Waals surface area contributed by atoms with Gasteiger partial charge in [0.1, 0.15) is 0 Å². The minimum atomic E-state index is -4.38. The van der Waals surface area contributed by atoms with E-state index in [2.05, 4.69) is 16.4 Å². The number of hydrogen-bond acceptors (Lipinski definition) is 4. The second-order valence-corrected chi connectivity index (χ2v) is 2.33. The second-order valence-electron chi connectivity index (χ2n) is 1.37. The molecular weight excluding hydrogens is 187 g/mol. The van der Waals surface area contributed by atoms with Gasteiger partial charge in [0.15, 0.2) is 0 Å². The molecular formula is C3H6F3NOS2. The van der Waals surface area contributed by atoms with Crippen LogP contribution in [0.15, 0.2) is 0 Å². The molecule has 0 fully saturated rings. The molecule has 0 aromatic carbocycles. The number of nitrogens with one attached hydrogen (secondary N) is 1. The molecule has 10 heavy (non-hydrogen) atoms. The molecule has 1 atom stereocenters. The molecule has 7 heteroatoms. The van der Waals surface area contributed by atoms with Crippen LogP contribution in [-0.2, 0) is 4.74 Å². The standard InChI is InChI=1S/C3H6F3NOS2/c1-8-2(7-10-9)3(4,5)6/h2,7,9H,1H3. The third kappa shape index (κ3) is 3.55. The van der Waals surface area contributed by atoms with E-state index in [1.54, 1.807) is 0 Å². The van der Waals surface area contributed by atoms with Crippen LogP contribution in [0.25, 0.3) is 0 Å². The first-order valence-corrected chi connectivity index (χ1v) is 4.04. The minimum Gasteiger partial charge on any atom is -0.357 e. The average molecular weight is 193 g/mol. The van der Waals surface area contributed by atoms with E-state index in [1.165, 1.54) is 0 Å². The van der Waals surface area contributed by atoms with Gasteiger partial charge in [-0.1, -0.05) is 11.7 Å². The Morgan fingerprint density at radius 3 is 2.20 bits per heavy atom. The first kappa shape index (κ1) is 10.4. The SMILES string of the molecule is COC(NSS)C(F)(F)F. The van der Waals surface area contributed by atoms with Gasteiger partial charge >= 0.3 is 6.18 Å². The molecule has 0 aromatic heterocycles. The third-order valence-corrected chi connectivity index (χ3v) is 1.33. The smallest absolute Gasteiger partial charge is 0.357 e. The Labute approximate surface area is 65.4 Å². The van der Waals surface area contributed by atoms with Gasteiger partial charge in [0, 0.05) is 7.11 Å². The molecule has 2 nitrogen and oxygen atoms in total. The molecule has 0 amide bonds. The fourth-order valence-corrected chi connectivity index (χ4v) is 0.909. The molecule has 0 spiro atoms. The normalized spacial score (nSPS) is 15.3. The van der Waals surface area contributed by atoms with E-state index in [9.17, 15) is 13.2 Å². The summed E-state index contributed by atoms with van der Waals surface area (Å²) in [5, 5.41) is 0. The molecule has 0 saturated heterocycles. The van der Waals surface area contributed by atoms with Crippen molar-refractivity contribution in [2.24, 2.45) is 0 Å². The molecule has 0 aliphatic heterocycles. The number of alkyl halides is 3. The molecule has 0 aromatic rings. The highest BCUT2D eigenvalue weighted by molar-refractivity contribution is 8.67. The van der Waals surface area contributed by atoms with Crippen molar-refractivity contribution in [2.75, 3.05) is 7.11 Å². The fourth-order valence-electron chi connectivity index (χ4n) is 0.296. The van der Waals surface area contributed by atoms with E-state index < -0.39 is 12.4 Å². The first-order valence-electron chi connectivity index (χ1n) is 2.17. The van der Waals surface area contributed by atoms with Crippen molar-refractivity contribution in [2.45, 2.75) is 12.4 Å². The highest BCUT2D eigenvalue weighted by Crippen LogP contribution is 2.22. The van der Waals surface area contributed by atoms with Gasteiger partial charge in [-0.25, -0.2) is 4.72 Å². The summed E-state index contributed by atoms with van der Waals surface area (Å²) in [6, 6.07) is 0. The average Bonchev–Trinajstić information content (AvgIpc) is 1.80. The predicted octanol–water partition coefficient (Wildman–Crippen LogP) is 1.60. The molecule has 0 aliphatic carbocycles. The lowest BCUT2D eigenvalue weighted by Gasteiger charge is -2.17. The largest absolute Gasteiger partial charge is 0.428 e. The van der Waals surface area contributed by atoms with Gasteiger partial charge in [-0.3, -0.25) is 0 Å². The Morgan fingerprint density at radius 1 is 1.60 bits per heavy atom. The van der Waals surface area contributed by atoms with Crippen molar-refractivity contribution in [3.63, 3.8) is 0 Å². The van der Waals surface area contributed by atoms with E-state index in [-0.39, 0.29) is 0 Å². The number of halogens is 3. The van der Waals surface area contributed by atoms with Gasteiger partial charge in [-0.05, 0) is 11.0 Å². The van der Waals surface area contributed by atoms with Crippen molar-refractivity contribution >= 4 is 22.6 Å². The molecule has 1 unspecified atom stereocenters. The highest BCUT2D eigenvalue weighted by Gasteiger charge is 2.39. The Balaban J connectivity index is 3.81. The Kier molecular flexibility index (Phi) is 4.50. The van der Waals surface area contributed by atoms with E-state index in [0.717, 1.165) is 7.11 Å². The minimum absolute atomic E-state index is 0.561. The van der Waals surface area contributed by atoms with E-state index in [4.69, 9.17) is 0 Å². The van der Waals surface area contributed by atoms with Crippen LogP contribution >= 0.6 is 22.6 Å². The summed E-state index contributed by atoms with van der Waals surface area (Å²) >= 11 is 3.47. The summed E-state index contributed by atoms with van der Waals surface area (Å²) in [6.07, 6.45) is -6.33. The van der Waals surface area contributed by atoms with Crippen LogP contribution in [0.5, 0.6) is 0 Å². The van der Waals surface area contributed by atoms with Gasteiger partial charge in [-0.15, -0.1) is 0 Å². The van der Waals surface area contributed by atoms with Crippen molar-refractivity contribution in [1.29, 1.82) is 0 Å². The summed E-state index contributed by atoms with van der Waals surface area (Å²) in [5.74, 6) is 0. The van der Waals surface area contributed by atoms with E-state index in [0.29, 0.717) is 11.0 Å². The lowest BCUT2D eigenvalue weighted by atomic mass is 10.6. The van der Waals surface area contributed by atoms with Crippen molar-refractivity contribution < 1.29 is 17.9 Å². The third-order valence-electron chi connectivity index (χ3n) is 0.693. The van der Waals surface area contributed by atoms with Gasteiger partial charge < -0.3 is 4.74 Å². The van der Waals surface area contributed by atoms with Crippen molar-refractivity contribution in [1.82, 2.24) is 4.72 Å². The number of rotatable bonds is 3. The zero-order valence-corrected chi connectivity index (χ0v) is 6.69. The van der Waals surface area contributed by atoms with Crippen LogP contribution < -0.4 is 4.72 Å². The molecule has 62 valence electrons. The molecule has 0 saturated carbocycles. The van der Waals surface area contributed by atoms with E-state index in [1.807, 2.05) is 4.72 Å². The lowest BCUT2D eigenvalue weighted by molar-refractivity contribution is -0.215. The molecule has 0 rings (SSSR count). The molecule has 0 aliphatic rings. The predicted molar refractivity (Wildman–Crippen MR) is 36.6 cm³/mol. The lowest BCUT2D eigenvalue weighted by Crippen LogP contribution is -2.39. The van der Waals surface area contributed by atoms with Gasteiger partial charge in [0.05, 0.1) is 0 Å². The maximum Gasteiger partial charge on any atom is 0.428 e. The van der Waals surface area contributed by atoms with Crippen LogP contribution in [0, 0.1) is 0 Å². The summed E-state index contributed by atoms with van der Waals surface area (Å²) in [5.41, 5.74) is 0. The molecule has 0 heterocycles. The molecule has 1 N–H and O–H groups in total. The maximum absolute atomic E-state index is 11.7. The van der Waals surface area contributed by atoms with Gasteiger partial charge in [-0.2, -0.15) is 13.2 Å². The Bertz CT molecular complexity index is 98.2. The highest BCUT2D eigenvalue weighted by atomic mass is 33.1. The number of thiol groups is 1. The topological polar surface area (TPSA) is 21.3 Å². The van der Waals surface area contributed by atoms with Crippen LogP contribution in [-0.4, -0.2) is 19.5 Å². The number of hydrogen-bond donors (Lipinski definition) is 2. The quantitative estimate of drug-likeness (QED) is 0.308. The maximum atomic E-state index is 11.7. The summed E-state index contributed by atoms with van der Waals surface area (Å²) in [6.45, 7) is 0. The van der Waals surface area contributed by atoms with Crippen molar-refractivity contribution in [3.05, 3.63) is 0 Å². The fraction of sp³-hybridized carbons (Fsp3) is 1.00. The summed E-state index contributed by atoms with van der Waals surface area (Å²) < 4.78 is 41.0. The van der Waals surface area contributed by atoms with Crippen LogP contribution in [0.4, 0.5) is 13.2 Å². The monoisotopic (exact) mass is 193 g/mol. The zero-order chi connectivity index (χ0) is 8.20. The molecule has 0 bridgehead atoms. The van der Waals surface area contributed by atoms with Crippen molar-refractivity contribution in [3.8, 4) is 0 Å². The first-order chi connectivity index (χ1) is 4.52. The number of ether oxygens (including phenoxy) is 1. The number of methoxy groups -OCH3 is 1. The van der Waals surface area contributed by atoms with Crippen LogP contribution in [0.3, 0.4) is 0 Å². The van der Waals surface area contributed by atoms with Crippen LogP contribution in [0.1, 0.15) is 0 Å². The van der Waals surface area contributed by atoms with Gasteiger partial charge in [0.25, 0.3) is 0 Å². The molecule has 0 radical (unpaired) electrons. The Hall–Kier alpha value is 0.410. The Morgan fingerprint density at radius 2 is 2.10 bits per heavy atom. The summed E-state index contributed by atoms with van der Waals surface area (Å²) in [4.78, 5) is 0.